The van der Waals surface area contributed by atoms with Gasteiger partial charge in [0.2, 0.25) is 0 Å². The van der Waals surface area contributed by atoms with Crippen LogP contribution in [-0.4, -0.2) is 26.7 Å². The fourth-order valence-corrected chi connectivity index (χ4v) is 3.76. The molecule has 2 aromatic carbocycles. The van der Waals surface area contributed by atoms with Crippen molar-refractivity contribution >= 4 is 22.8 Å². The molecular weight excluding hydrogens is 399 g/mol. The molecule has 0 radical (unpaired) electrons. The number of aromatic nitrogens is 1. The first-order chi connectivity index (χ1) is 14.0. The third-order valence-electron chi connectivity index (χ3n) is 5.04. The predicted octanol–water partition coefficient (Wildman–Crippen LogP) is 4.98. The summed E-state index contributed by atoms with van der Waals surface area (Å²) in [4.78, 5) is 25.1. The summed E-state index contributed by atoms with van der Waals surface area (Å²) < 4.78 is 43.7. The molecule has 0 bridgehead atoms. The van der Waals surface area contributed by atoms with Crippen LogP contribution in [0.2, 0.25) is 0 Å². The molecule has 0 spiro atoms. The highest BCUT2D eigenvalue weighted by atomic mass is 19.1. The van der Waals surface area contributed by atoms with Crippen molar-refractivity contribution in [2.24, 2.45) is 5.92 Å². The first-order valence-corrected chi connectivity index (χ1v) is 9.29. The molecule has 5 nitrogen and oxygen atoms in total. The number of hydrogen-bond donors (Lipinski definition) is 2. The molecule has 0 fully saturated rings. The molecule has 3 rings (SSSR count). The Bertz CT molecular complexity index is 1170. The van der Waals surface area contributed by atoms with Gasteiger partial charge in [0.1, 0.15) is 5.82 Å². The van der Waals surface area contributed by atoms with Gasteiger partial charge in [-0.2, -0.15) is 0 Å². The minimum atomic E-state index is -1.34. The van der Waals surface area contributed by atoms with Crippen LogP contribution >= 0.6 is 0 Å². The van der Waals surface area contributed by atoms with Crippen LogP contribution in [0.15, 0.2) is 30.3 Å². The molecule has 1 aromatic heterocycles. The first-order valence-electron chi connectivity index (χ1n) is 9.29. The normalized spacial score (nSPS) is 12.5. The molecule has 3 aromatic rings. The summed E-state index contributed by atoms with van der Waals surface area (Å²) in [6.07, 6.45) is 0.126. The largest absolute Gasteiger partial charge is 0.503 e. The highest BCUT2D eigenvalue weighted by Crippen LogP contribution is 2.40. The Morgan fingerprint density at radius 2 is 1.80 bits per heavy atom. The van der Waals surface area contributed by atoms with Crippen LogP contribution in [0.5, 0.6) is 5.75 Å². The number of rotatable bonds is 5. The van der Waals surface area contributed by atoms with Gasteiger partial charge in [-0.05, 0) is 43.0 Å². The second-order valence-corrected chi connectivity index (χ2v) is 7.59. The van der Waals surface area contributed by atoms with Gasteiger partial charge in [0.15, 0.2) is 17.4 Å². The molecule has 0 aliphatic heterocycles. The Kier molecular flexibility index (Phi) is 5.61. The van der Waals surface area contributed by atoms with E-state index in [0.717, 1.165) is 22.8 Å². The van der Waals surface area contributed by atoms with Crippen molar-refractivity contribution in [3.63, 3.8) is 0 Å². The van der Waals surface area contributed by atoms with Gasteiger partial charge in [0, 0.05) is 22.7 Å². The fourth-order valence-electron chi connectivity index (χ4n) is 3.76. The van der Waals surface area contributed by atoms with Crippen molar-refractivity contribution in [2.75, 3.05) is 0 Å². The van der Waals surface area contributed by atoms with Crippen LogP contribution in [0.1, 0.15) is 47.8 Å². The molecule has 0 aliphatic carbocycles. The standard InChI is InChI=1S/C22H20F3NO4/c1-10(2)7-14(22(29)30)17-11(3)26(21(28)12-5-4-6-13(23)8-12)16-9-15(24)20(27)19(25)18(16)17/h4-6,8-10,14,27H,7H2,1-3H3,(H,29,30). The minimum absolute atomic E-state index is 0.0243. The van der Waals surface area contributed by atoms with Crippen molar-refractivity contribution in [3.05, 3.63) is 64.6 Å². The van der Waals surface area contributed by atoms with Gasteiger partial charge in [-0.15, -0.1) is 0 Å². The van der Waals surface area contributed by atoms with E-state index in [2.05, 4.69) is 0 Å². The van der Waals surface area contributed by atoms with E-state index in [0.29, 0.717) is 0 Å². The lowest BCUT2D eigenvalue weighted by Gasteiger charge is -2.16. The second kappa shape index (κ2) is 7.85. The monoisotopic (exact) mass is 419 g/mol. The number of hydrogen-bond acceptors (Lipinski definition) is 3. The number of halogens is 3. The van der Waals surface area contributed by atoms with Crippen molar-refractivity contribution in [1.29, 1.82) is 0 Å². The van der Waals surface area contributed by atoms with Crippen molar-refractivity contribution in [2.45, 2.75) is 33.1 Å². The van der Waals surface area contributed by atoms with E-state index >= 15 is 0 Å². The number of carbonyl (C=O) groups is 2. The van der Waals surface area contributed by atoms with Gasteiger partial charge >= 0.3 is 5.97 Å². The maximum atomic E-state index is 14.9. The van der Waals surface area contributed by atoms with E-state index < -0.39 is 41.0 Å². The van der Waals surface area contributed by atoms with Crippen LogP contribution in [0, 0.1) is 30.3 Å². The fraction of sp³-hybridized carbons (Fsp3) is 0.273. The maximum absolute atomic E-state index is 14.9. The number of aliphatic carboxylic acids is 1. The molecule has 0 amide bonds. The summed E-state index contributed by atoms with van der Waals surface area (Å²) in [6, 6.07) is 5.55. The third kappa shape index (κ3) is 3.53. The number of phenols is 1. The van der Waals surface area contributed by atoms with Crippen molar-refractivity contribution in [3.8, 4) is 5.75 Å². The first kappa shape index (κ1) is 21.4. The molecule has 30 heavy (non-hydrogen) atoms. The minimum Gasteiger partial charge on any atom is -0.503 e. The Morgan fingerprint density at radius 3 is 2.37 bits per heavy atom. The van der Waals surface area contributed by atoms with Crippen LogP contribution < -0.4 is 0 Å². The molecule has 0 saturated heterocycles. The lowest BCUT2D eigenvalue weighted by molar-refractivity contribution is -0.139. The van der Waals surface area contributed by atoms with Gasteiger partial charge in [-0.1, -0.05) is 19.9 Å². The van der Waals surface area contributed by atoms with Crippen LogP contribution in [0.3, 0.4) is 0 Å². The number of aromatic hydroxyl groups is 1. The molecule has 0 saturated carbocycles. The summed E-state index contributed by atoms with van der Waals surface area (Å²) >= 11 is 0. The van der Waals surface area contributed by atoms with E-state index in [4.69, 9.17) is 0 Å². The molecule has 1 atom stereocenters. The van der Waals surface area contributed by atoms with E-state index in [-0.39, 0.29) is 40.1 Å². The quantitative estimate of drug-likeness (QED) is 0.612. The molecule has 8 heteroatoms. The number of phenolic OH excluding ortho intramolecular Hbond substituents is 1. The van der Waals surface area contributed by atoms with Crippen molar-refractivity contribution < 1.29 is 33.0 Å². The van der Waals surface area contributed by atoms with E-state index in [9.17, 15) is 33.0 Å². The van der Waals surface area contributed by atoms with Crippen molar-refractivity contribution in [1.82, 2.24) is 4.57 Å². The van der Waals surface area contributed by atoms with Gasteiger partial charge in [0.25, 0.3) is 5.91 Å². The Morgan fingerprint density at radius 1 is 1.13 bits per heavy atom. The molecule has 1 unspecified atom stereocenters. The summed E-state index contributed by atoms with van der Waals surface area (Å²) in [6.45, 7) is 4.99. The summed E-state index contributed by atoms with van der Waals surface area (Å²) in [5, 5.41) is 19.2. The zero-order valence-electron chi connectivity index (χ0n) is 16.5. The average molecular weight is 419 g/mol. The topological polar surface area (TPSA) is 79.5 Å². The third-order valence-corrected chi connectivity index (χ3v) is 5.04. The number of carboxylic acid groups (broad SMARTS) is 1. The lowest BCUT2D eigenvalue weighted by atomic mass is 9.88. The molecule has 2 N–H and O–H groups in total. The summed E-state index contributed by atoms with van der Waals surface area (Å²) in [5.74, 6) is -7.87. The van der Waals surface area contributed by atoms with Crippen LogP contribution in [0.4, 0.5) is 13.2 Å². The van der Waals surface area contributed by atoms with E-state index in [1.807, 2.05) is 0 Å². The van der Waals surface area contributed by atoms with Gasteiger partial charge in [-0.25, -0.2) is 13.2 Å². The summed E-state index contributed by atoms with van der Waals surface area (Å²) in [7, 11) is 0. The SMILES string of the molecule is Cc1c(C(CC(C)C)C(=O)O)c2c(F)c(O)c(F)cc2n1C(=O)c1cccc(F)c1. The van der Waals surface area contributed by atoms with Gasteiger partial charge in [-0.3, -0.25) is 14.2 Å². The number of carbonyl (C=O) groups excluding carboxylic acids is 1. The highest BCUT2D eigenvalue weighted by Gasteiger charge is 2.33. The van der Waals surface area contributed by atoms with E-state index in [1.54, 1.807) is 13.8 Å². The Balaban J connectivity index is 2.40. The smallest absolute Gasteiger partial charge is 0.311 e. The number of fused-ring (bicyclic) bond motifs is 1. The number of carboxylic acids is 1. The second-order valence-electron chi connectivity index (χ2n) is 7.59. The van der Waals surface area contributed by atoms with E-state index in [1.165, 1.54) is 19.1 Å². The average Bonchev–Trinajstić information content (AvgIpc) is 2.95. The molecule has 0 aliphatic rings. The van der Waals surface area contributed by atoms with Gasteiger partial charge in [0.05, 0.1) is 11.4 Å². The number of benzene rings is 2. The maximum Gasteiger partial charge on any atom is 0.311 e. The van der Waals surface area contributed by atoms with Gasteiger partial charge < -0.3 is 10.2 Å². The Hall–Kier alpha value is -3.29. The summed E-state index contributed by atoms with van der Waals surface area (Å²) in [5.41, 5.74) is -0.259. The predicted molar refractivity (Wildman–Crippen MR) is 104 cm³/mol. The molecular formula is C22H20F3NO4. The number of nitrogens with zero attached hydrogens (tertiary/aromatic N) is 1. The zero-order chi connectivity index (χ0) is 22.3. The Labute approximate surface area is 170 Å². The molecule has 1 heterocycles. The van der Waals surface area contributed by atoms with Crippen LogP contribution in [-0.2, 0) is 4.79 Å². The zero-order valence-corrected chi connectivity index (χ0v) is 16.5. The van der Waals surface area contributed by atoms with Crippen LogP contribution in [0.25, 0.3) is 10.9 Å². The highest BCUT2D eigenvalue weighted by molar-refractivity contribution is 6.05. The molecule has 158 valence electrons. The lowest BCUT2D eigenvalue weighted by Crippen LogP contribution is -2.17.